The molecule has 1 aromatic rings. The van der Waals surface area contributed by atoms with E-state index in [2.05, 4.69) is 9.50 Å². The van der Waals surface area contributed by atoms with Crippen molar-refractivity contribution in [1.29, 1.82) is 0 Å². The van der Waals surface area contributed by atoms with Gasteiger partial charge in [-0.1, -0.05) is 17.7 Å². The van der Waals surface area contributed by atoms with Gasteiger partial charge in [-0.25, -0.2) is 0 Å². The molecule has 0 amide bonds. The predicted molar refractivity (Wildman–Crippen MR) is 62.1 cm³/mol. The summed E-state index contributed by atoms with van der Waals surface area (Å²) in [5.41, 5.74) is 1.70. The Morgan fingerprint density at radius 1 is 1.47 bits per heavy atom. The average molecular weight is 257 g/mol. The molecule has 1 fully saturated rings. The minimum Gasteiger partial charge on any atom is -0.364 e. The minimum atomic E-state index is -3.68. The zero-order valence-corrected chi connectivity index (χ0v) is 10.6. The van der Waals surface area contributed by atoms with Crippen molar-refractivity contribution in [3.05, 3.63) is 29.3 Å². The summed E-state index contributed by atoms with van der Waals surface area (Å²) in [5, 5.41) is 3.09. The molecule has 1 N–H and O–H groups in total. The standard InChI is InChI=1S/C11H15NO4S/c1-8-3-4-11(17(13,14)15-2)9(5-8)10-6-16-7-12-10/h3-5,10,12H,6-7H2,1-2H3/t10-/m0/s1. The van der Waals surface area contributed by atoms with E-state index < -0.39 is 10.1 Å². The van der Waals surface area contributed by atoms with Gasteiger partial charge in [0, 0.05) is 0 Å². The van der Waals surface area contributed by atoms with Gasteiger partial charge in [0.15, 0.2) is 0 Å². The maximum atomic E-state index is 11.8. The lowest BCUT2D eigenvalue weighted by atomic mass is 10.1. The Balaban J connectivity index is 2.51. The van der Waals surface area contributed by atoms with E-state index >= 15 is 0 Å². The predicted octanol–water partition coefficient (Wildman–Crippen LogP) is 0.949. The molecular weight excluding hydrogens is 242 g/mol. The summed E-state index contributed by atoms with van der Waals surface area (Å²) < 4.78 is 33.4. The number of nitrogens with one attached hydrogen (secondary N) is 1. The van der Waals surface area contributed by atoms with Crippen LogP contribution in [0.2, 0.25) is 0 Å². The van der Waals surface area contributed by atoms with Gasteiger partial charge in [0.2, 0.25) is 0 Å². The monoisotopic (exact) mass is 257 g/mol. The van der Waals surface area contributed by atoms with Crippen molar-refractivity contribution in [2.45, 2.75) is 17.9 Å². The average Bonchev–Trinajstić information content (AvgIpc) is 2.82. The number of ether oxygens (including phenoxy) is 1. The van der Waals surface area contributed by atoms with Gasteiger partial charge in [0.1, 0.15) is 0 Å². The fraction of sp³-hybridized carbons (Fsp3) is 0.455. The molecule has 0 unspecified atom stereocenters. The van der Waals surface area contributed by atoms with Crippen LogP contribution < -0.4 is 5.32 Å². The van der Waals surface area contributed by atoms with Crippen LogP contribution in [0.25, 0.3) is 0 Å². The smallest absolute Gasteiger partial charge is 0.297 e. The minimum absolute atomic E-state index is 0.102. The van der Waals surface area contributed by atoms with E-state index in [0.29, 0.717) is 18.9 Å². The van der Waals surface area contributed by atoms with Crippen molar-refractivity contribution in [2.24, 2.45) is 0 Å². The van der Waals surface area contributed by atoms with Crippen LogP contribution in [0.3, 0.4) is 0 Å². The first kappa shape index (κ1) is 12.5. The second kappa shape index (κ2) is 4.73. The Labute approximate surface area is 101 Å². The van der Waals surface area contributed by atoms with E-state index in [4.69, 9.17) is 4.74 Å². The molecule has 1 heterocycles. The Bertz CT molecular complexity index is 506. The lowest BCUT2D eigenvalue weighted by molar-refractivity contribution is 0.189. The molecule has 94 valence electrons. The molecule has 1 atom stereocenters. The Kier molecular flexibility index (Phi) is 3.48. The maximum Gasteiger partial charge on any atom is 0.297 e. The molecular formula is C11H15NO4S. The first-order chi connectivity index (χ1) is 8.04. The Morgan fingerprint density at radius 2 is 2.24 bits per heavy atom. The molecule has 17 heavy (non-hydrogen) atoms. The quantitative estimate of drug-likeness (QED) is 0.817. The lowest BCUT2D eigenvalue weighted by Gasteiger charge is -2.14. The molecule has 6 heteroatoms. The molecule has 1 aliphatic rings. The van der Waals surface area contributed by atoms with E-state index in [1.165, 1.54) is 0 Å². The van der Waals surface area contributed by atoms with Crippen LogP contribution in [0.1, 0.15) is 17.2 Å². The highest BCUT2D eigenvalue weighted by Gasteiger charge is 2.26. The lowest BCUT2D eigenvalue weighted by Crippen LogP contribution is -2.18. The molecule has 0 radical (unpaired) electrons. The molecule has 0 aliphatic carbocycles. The van der Waals surface area contributed by atoms with Gasteiger partial charge in [-0.05, 0) is 18.6 Å². The highest BCUT2D eigenvalue weighted by Crippen LogP contribution is 2.27. The van der Waals surface area contributed by atoms with Gasteiger partial charge in [0.05, 0.1) is 31.4 Å². The summed E-state index contributed by atoms with van der Waals surface area (Å²) in [7, 11) is -2.51. The molecule has 2 rings (SSSR count). The van der Waals surface area contributed by atoms with E-state index in [0.717, 1.165) is 12.7 Å². The van der Waals surface area contributed by atoms with Crippen LogP contribution in [0.4, 0.5) is 0 Å². The molecule has 0 spiro atoms. The van der Waals surface area contributed by atoms with Crippen molar-refractivity contribution >= 4 is 10.1 Å². The fourth-order valence-electron chi connectivity index (χ4n) is 1.85. The third kappa shape index (κ3) is 2.50. The Hall–Kier alpha value is -0.950. The number of rotatable bonds is 3. The molecule has 1 saturated heterocycles. The SMILES string of the molecule is COS(=O)(=O)c1ccc(C)cc1[C@@H]1COCN1. The second-order valence-electron chi connectivity index (χ2n) is 3.93. The topological polar surface area (TPSA) is 64.6 Å². The van der Waals surface area contributed by atoms with E-state index in [9.17, 15) is 8.42 Å². The summed E-state index contributed by atoms with van der Waals surface area (Å²) in [6, 6.07) is 5.07. The van der Waals surface area contributed by atoms with Crippen molar-refractivity contribution in [3.8, 4) is 0 Å². The zero-order chi connectivity index (χ0) is 12.5. The van der Waals surface area contributed by atoms with Gasteiger partial charge in [-0.15, -0.1) is 0 Å². The van der Waals surface area contributed by atoms with Gasteiger partial charge in [-0.2, -0.15) is 8.42 Å². The Morgan fingerprint density at radius 3 is 2.82 bits per heavy atom. The summed E-state index contributed by atoms with van der Waals surface area (Å²) in [6.45, 7) is 2.82. The summed E-state index contributed by atoms with van der Waals surface area (Å²) in [4.78, 5) is 0.202. The van der Waals surface area contributed by atoms with Gasteiger partial charge < -0.3 is 4.74 Å². The fourth-order valence-corrected chi connectivity index (χ4v) is 2.76. The number of hydrogen-bond acceptors (Lipinski definition) is 5. The molecule has 1 aliphatic heterocycles. The maximum absolute atomic E-state index is 11.8. The molecule has 0 saturated carbocycles. The molecule has 0 bridgehead atoms. The highest BCUT2D eigenvalue weighted by molar-refractivity contribution is 7.86. The summed E-state index contributed by atoms with van der Waals surface area (Å²) in [5.74, 6) is 0. The van der Waals surface area contributed by atoms with Crippen molar-refractivity contribution in [1.82, 2.24) is 5.32 Å². The third-order valence-corrected chi connectivity index (χ3v) is 4.10. The van der Waals surface area contributed by atoms with Crippen LogP contribution in [0.5, 0.6) is 0 Å². The van der Waals surface area contributed by atoms with Crippen LogP contribution in [0.15, 0.2) is 23.1 Å². The first-order valence-electron chi connectivity index (χ1n) is 5.27. The van der Waals surface area contributed by atoms with Crippen LogP contribution in [-0.4, -0.2) is 28.9 Å². The molecule has 5 nitrogen and oxygen atoms in total. The molecule has 0 aromatic heterocycles. The normalized spacial score (nSPS) is 20.7. The number of aryl methyl sites for hydroxylation is 1. The third-order valence-electron chi connectivity index (χ3n) is 2.75. The highest BCUT2D eigenvalue weighted by atomic mass is 32.2. The largest absolute Gasteiger partial charge is 0.364 e. The number of benzene rings is 1. The van der Waals surface area contributed by atoms with Gasteiger partial charge in [-0.3, -0.25) is 9.50 Å². The second-order valence-corrected chi connectivity index (χ2v) is 5.62. The van der Waals surface area contributed by atoms with Crippen molar-refractivity contribution in [2.75, 3.05) is 20.4 Å². The van der Waals surface area contributed by atoms with Crippen LogP contribution in [-0.2, 0) is 19.0 Å². The summed E-state index contributed by atoms with van der Waals surface area (Å²) >= 11 is 0. The van der Waals surface area contributed by atoms with Gasteiger partial charge >= 0.3 is 0 Å². The van der Waals surface area contributed by atoms with Crippen molar-refractivity contribution in [3.63, 3.8) is 0 Å². The van der Waals surface area contributed by atoms with E-state index in [1.807, 2.05) is 13.0 Å². The summed E-state index contributed by atoms with van der Waals surface area (Å²) in [6.07, 6.45) is 0. The first-order valence-corrected chi connectivity index (χ1v) is 6.68. The van der Waals surface area contributed by atoms with E-state index in [1.54, 1.807) is 12.1 Å². The van der Waals surface area contributed by atoms with Gasteiger partial charge in [0.25, 0.3) is 10.1 Å². The van der Waals surface area contributed by atoms with Crippen molar-refractivity contribution < 1.29 is 17.3 Å². The zero-order valence-electron chi connectivity index (χ0n) is 9.76. The molecule has 1 aromatic carbocycles. The van der Waals surface area contributed by atoms with Crippen LogP contribution >= 0.6 is 0 Å². The van der Waals surface area contributed by atoms with E-state index in [-0.39, 0.29) is 10.9 Å². The van der Waals surface area contributed by atoms with Crippen LogP contribution in [0, 0.1) is 6.92 Å². The number of hydrogen-bond donors (Lipinski definition) is 1.